The molecule has 0 atom stereocenters. The molecular formula is C11H17N3. The van der Waals surface area contributed by atoms with Gasteiger partial charge in [-0.1, -0.05) is 0 Å². The summed E-state index contributed by atoms with van der Waals surface area (Å²) in [4.78, 5) is 6.58. The van der Waals surface area contributed by atoms with E-state index < -0.39 is 0 Å². The van der Waals surface area contributed by atoms with Crippen LogP contribution in [0, 0.1) is 0 Å². The van der Waals surface area contributed by atoms with Gasteiger partial charge in [0.05, 0.1) is 11.9 Å². The average Bonchev–Trinajstić information content (AvgIpc) is 2.18. The zero-order valence-corrected chi connectivity index (χ0v) is 8.83. The van der Waals surface area contributed by atoms with Crippen molar-refractivity contribution in [2.24, 2.45) is 0 Å². The zero-order chi connectivity index (χ0) is 10.0. The van der Waals surface area contributed by atoms with Gasteiger partial charge in [-0.2, -0.15) is 0 Å². The van der Waals surface area contributed by atoms with Crippen molar-refractivity contribution >= 4 is 5.69 Å². The molecule has 1 aromatic rings. The average molecular weight is 191 g/mol. The molecule has 1 fully saturated rings. The number of nitrogens with one attached hydrogen (secondary N) is 1. The molecule has 0 spiro atoms. The van der Waals surface area contributed by atoms with Gasteiger partial charge in [-0.15, -0.1) is 0 Å². The summed E-state index contributed by atoms with van der Waals surface area (Å²) in [6.45, 7) is 7.65. The molecule has 3 heteroatoms. The zero-order valence-electron chi connectivity index (χ0n) is 8.83. The third kappa shape index (κ3) is 1.73. The number of hydrogen-bond acceptors (Lipinski definition) is 3. The molecule has 2 heterocycles. The lowest BCUT2D eigenvalue weighted by molar-refractivity contribution is 0.380. The van der Waals surface area contributed by atoms with Crippen LogP contribution in [0.15, 0.2) is 24.5 Å². The van der Waals surface area contributed by atoms with Crippen LogP contribution in [0.25, 0.3) is 0 Å². The maximum absolute atomic E-state index is 4.16. The van der Waals surface area contributed by atoms with Gasteiger partial charge in [0.2, 0.25) is 0 Å². The van der Waals surface area contributed by atoms with Gasteiger partial charge in [0.15, 0.2) is 0 Å². The maximum Gasteiger partial charge on any atom is 0.0558 e. The molecule has 76 valence electrons. The first-order valence-electron chi connectivity index (χ1n) is 5.08. The molecule has 2 rings (SSSR count). The van der Waals surface area contributed by atoms with Crippen LogP contribution in [-0.2, 0) is 0 Å². The first-order chi connectivity index (χ1) is 6.70. The summed E-state index contributed by atoms with van der Waals surface area (Å²) in [6.07, 6.45) is 3.76. The van der Waals surface area contributed by atoms with Crippen molar-refractivity contribution in [1.82, 2.24) is 10.3 Å². The van der Waals surface area contributed by atoms with Crippen molar-refractivity contribution in [2.75, 3.05) is 24.5 Å². The molecule has 1 aliphatic heterocycles. The lowest BCUT2D eigenvalue weighted by atomic mass is 9.99. The second-order valence-electron chi connectivity index (χ2n) is 4.35. The lowest BCUT2D eigenvalue weighted by Gasteiger charge is -2.44. The van der Waals surface area contributed by atoms with Gasteiger partial charge < -0.3 is 10.2 Å². The van der Waals surface area contributed by atoms with Crippen LogP contribution < -0.4 is 10.2 Å². The summed E-state index contributed by atoms with van der Waals surface area (Å²) < 4.78 is 0. The largest absolute Gasteiger partial charge is 0.363 e. The Bertz CT molecular complexity index is 295. The highest BCUT2D eigenvalue weighted by molar-refractivity contribution is 5.47. The van der Waals surface area contributed by atoms with E-state index in [1.54, 1.807) is 0 Å². The topological polar surface area (TPSA) is 28.2 Å². The van der Waals surface area contributed by atoms with Crippen LogP contribution in [-0.4, -0.2) is 30.2 Å². The molecule has 3 nitrogen and oxygen atoms in total. The summed E-state index contributed by atoms with van der Waals surface area (Å²) in [7, 11) is 0. The van der Waals surface area contributed by atoms with Gasteiger partial charge in [-0.05, 0) is 26.0 Å². The quantitative estimate of drug-likeness (QED) is 0.724. The van der Waals surface area contributed by atoms with Crippen molar-refractivity contribution in [3.05, 3.63) is 24.5 Å². The van der Waals surface area contributed by atoms with Crippen LogP contribution in [0.5, 0.6) is 0 Å². The molecule has 0 bridgehead atoms. The molecule has 1 saturated heterocycles. The number of piperazine rings is 1. The highest BCUT2D eigenvalue weighted by atomic mass is 15.3. The third-order valence-electron chi connectivity index (χ3n) is 2.76. The molecule has 1 aliphatic rings. The van der Waals surface area contributed by atoms with E-state index in [4.69, 9.17) is 0 Å². The van der Waals surface area contributed by atoms with E-state index in [1.807, 2.05) is 18.5 Å². The normalized spacial score (nSPS) is 20.9. The minimum Gasteiger partial charge on any atom is -0.363 e. The number of pyridine rings is 1. The molecule has 0 amide bonds. The minimum absolute atomic E-state index is 0.182. The van der Waals surface area contributed by atoms with Crippen molar-refractivity contribution < 1.29 is 0 Å². The smallest absolute Gasteiger partial charge is 0.0558 e. The summed E-state index contributed by atoms with van der Waals surface area (Å²) in [5.74, 6) is 0. The van der Waals surface area contributed by atoms with E-state index in [1.165, 1.54) is 5.69 Å². The Labute approximate surface area is 85.1 Å². The second kappa shape index (κ2) is 3.58. The molecule has 0 radical (unpaired) electrons. The van der Waals surface area contributed by atoms with Gasteiger partial charge in [0.1, 0.15) is 0 Å². The van der Waals surface area contributed by atoms with E-state index in [0.29, 0.717) is 0 Å². The molecule has 1 N–H and O–H groups in total. The molecular weight excluding hydrogens is 174 g/mol. The van der Waals surface area contributed by atoms with E-state index in [9.17, 15) is 0 Å². The highest BCUT2D eigenvalue weighted by Gasteiger charge is 2.29. The van der Waals surface area contributed by atoms with Crippen LogP contribution in [0.3, 0.4) is 0 Å². The summed E-state index contributed by atoms with van der Waals surface area (Å²) in [5.41, 5.74) is 1.40. The number of nitrogens with zero attached hydrogens (tertiary/aromatic N) is 2. The summed E-state index contributed by atoms with van der Waals surface area (Å²) >= 11 is 0. The van der Waals surface area contributed by atoms with E-state index >= 15 is 0 Å². The predicted molar refractivity (Wildman–Crippen MR) is 58.5 cm³/mol. The van der Waals surface area contributed by atoms with Crippen molar-refractivity contribution in [3.8, 4) is 0 Å². The standard InChI is InChI=1S/C11H17N3/c1-11(2)9-13-6-7-14(11)10-4-3-5-12-8-10/h3-5,8,13H,6-7,9H2,1-2H3. The molecule has 14 heavy (non-hydrogen) atoms. The van der Waals surface area contributed by atoms with Gasteiger partial charge >= 0.3 is 0 Å². The molecule has 0 unspecified atom stereocenters. The van der Waals surface area contributed by atoms with Crippen molar-refractivity contribution in [3.63, 3.8) is 0 Å². The minimum atomic E-state index is 0.182. The van der Waals surface area contributed by atoms with Crippen LogP contribution in [0.1, 0.15) is 13.8 Å². The fourth-order valence-electron chi connectivity index (χ4n) is 1.98. The fraction of sp³-hybridized carbons (Fsp3) is 0.545. The van der Waals surface area contributed by atoms with Crippen LogP contribution >= 0.6 is 0 Å². The fourth-order valence-corrected chi connectivity index (χ4v) is 1.98. The van der Waals surface area contributed by atoms with E-state index in [0.717, 1.165) is 19.6 Å². The van der Waals surface area contributed by atoms with Crippen LogP contribution in [0.2, 0.25) is 0 Å². The Morgan fingerprint density at radius 2 is 2.36 bits per heavy atom. The first-order valence-corrected chi connectivity index (χ1v) is 5.08. The number of anilines is 1. The van der Waals surface area contributed by atoms with Gasteiger partial charge in [0.25, 0.3) is 0 Å². The molecule has 0 aromatic carbocycles. The van der Waals surface area contributed by atoms with Crippen molar-refractivity contribution in [1.29, 1.82) is 0 Å². The van der Waals surface area contributed by atoms with Crippen molar-refractivity contribution in [2.45, 2.75) is 19.4 Å². The van der Waals surface area contributed by atoms with Crippen LogP contribution in [0.4, 0.5) is 5.69 Å². The third-order valence-corrected chi connectivity index (χ3v) is 2.76. The number of rotatable bonds is 1. The first kappa shape index (κ1) is 9.46. The number of hydrogen-bond donors (Lipinski definition) is 1. The second-order valence-corrected chi connectivity index (χ2v) is 4.35. The predicted octanol–water partition coefficient (Wildman–Crippen LogP) is 1.27. The SMILES string of the molecule is CC1(C)CNCCN1c1cccnc1. The monoisotopic (exact) mass is 191 g/mol. The van der Waals surface area contributed by atoms with Gasteiger partial charge in [-0.25, -0.2) is 0 Å². The molecule has 0 aliphatic carbocycles. The Morgan fingerprint density at radius 3 is 3.00 bits per heavy atom. The van der Waals surface area contributed by atoms with E-state index in [2.05, 4.69) is 35.1 Å². The lowest BCUT2D eigenvalue weighted by Crippen LogP contribution is -2.58. The molecule has 1 aromatic heterocycles. The Balaban J connectivity index is 2.24. The Morgan fingerprint density at radius 1 is 1.50 bits per heavy atom. The number of aromatic nitrogens is 1. The maximum atomic E-state index is 4.16. The van der Waals surface area contributed by atoms with E-state index in [-0.39, 0.29) is 5.54 Å². The Kier molecular flexibility index (Phi) is 2.42. The summed E-state index contributed by atoms with van der Waals surface area (Å²) in [6, 6.07) is 4.12. The summed E-state index contributed by atoms with van der Waals surface area (Å²) in [5, 5.41) is 3.41. The van der Waals surface area contributed by atoms with Gasteiger partial charge in [0, 0.05) is 31.4 Å². The van der Waals surface area contributed by atoms with Gasteiger partial charge in [-0.3, -0.25) is 4.98 Å². The highest BCUT2D eigenvalue weighted by Crippen LogP contribution is 2.23. The Hall–Kier alpha value is -1.09. The molecule has 0 saturated carbocycles.